The van der Waals surface area contributed by atoms with Crippen LogP contribution in [0.4, 0.5) is 11.4 Å². The maximum absolute atomic E-state index is 6.18. The average molecular weight is 482 g/mol. The third-order valence-electron chi connectivity index (χ3n) is 5.43. The van der Waals surface area contributed by atoms with Crippen LogP contribution >= 0.6 is 47.6 Å². The van der Waals surface area contributed by atoms with Crippen molar-refractivity contribution in [2.45, 2.75) is 51.6 Å². The largest absolute Gasteiger partial charge is 0.360 e. The van der Waals surface area contributed by atoms with Crippen LogP contribution in [-0.2, 0) is 0 Å². The lowest BCUT2D eigenvalue weighted by atomic mass is 9.91. The molecular weight excluding hydrogens is 455 g/mol. The van der Waals surface area contributed by atoms with Crippen molar-refractivity contribution in [3.05, 3.63) is 57.6 Å². The Morgan fingerprint density at radius 1 is 0.733 bits per heavy atom. The van der Waals surface area contributed by atoms with E-state index in [1.165, 1.54) is 0 Å². The summed E-state index contributed by atoms with van der Waals surface area (Å²) in [4.78, 5) is 0. The van der Waals surface area contributed by atoms with Gasteiger partial charge in [-0.05, 0) is 99.4 Å². The van der Waals surface area contributed by atoms with Gasteiger partial charge in [0.05, 0.1) is 0 Å². The summed E-state index contributed by atoms with van der Waals surface area (Å²) in [7, 11) is 0. The highest BCUT2D eigenvalue weighted by atomic mass is 35.5. The quantitative estimate of drug-likeness (QED) is 0.391. The second-order valence-corrected chi connectivity index (χ2v) is 9.20. The average Bonchev–Trinajstić information content (AvgIpc) is 2.70. The van der Waals surface area contributed by atoms with Crippen molar-refractivity contribution < 1.29 is 0 Å². The van der Waals surface area contributed by atoms with Gasteiger partial charge in [0.15, 0.2) is 10.2 Å². The molecular formula is C22H26Cl2N4S2. The van der Waals surface area contributed by atoms with Crippen LogP contribution in [0.1, 0.15) is 36.8 Å². The molecule has 0 atom stereocenters. The predicted octanol–water partition coefficient (Wildman–Crippen LogP) is 6.19. The number of hydrogen-bond donors (Lipinski definition) is 4. The third kappa shape index (κ3) is 6.20. The molecule has 1 saturated carbocycles. The standard InChI is InChI=1S/C22H26Cl2N4S2/c1-13-17(23)5-3-7-19(13)27-21(29)25-15-9-11-16(12-10-15)26-22(30)28-20-8-4-6-18(24)14(20)2/h3-8,15-16H,9-12H2,1-2H3,(H2,25,27,29)(H2,26,28,30). The molecule has 2 aromatic carbocycles. The van der Waals surface area contributed by atoms with Gasteiger partial charge < -0.3 is 21.3 Å². The van der Waals surface area contributed by atoms with Gasteiger partial charge in [0.1, 0.15) is 0 Å². The molecule has 0 bridgehead atoms. The molecule has 2 aromatic rings. The Morgan fingerprint density at radius 3 is 1.47 bits per heavy atom. The Kier molecular flexibility index (Phi) is 8.17. The molecule has 0 unspecified atom stereocenters. The van der Waals surface area contributed by atoms with E-state index in [9.17, 15) is 0 Å². The predicted molar refractivity (Wildman–Crippen MR) is 137 cm³/mol. The van der Waals surface area contributed by atoms with Gasteiger partial charge in [0.2, 0.25) is 0 Å². The Bertz CT molecular complexity index is 852. The van der Waals surface area contributed by atoms with E-state index in [0.717, 1.165) is 58.2 Å². The summed E-state index contributed by atoms with van der Waals surface area (Å²) in [6, 6.07) is 12.2. The topological polar surface area (TPSA) is 48.1 Å². The van der Waals surface area contributed by atoms with E-state index in [2.05, 4.69) is 21.3 Å². The number of thiocarbonyl (C=S) groups is 2. The first-order chi connectivity index (χ1) is 14.3. The van der Waals surface area contributed by atoms with Crippen LogP contribution in [0.25, 0.3) is 0 Å². The lowest BCUT2D eigenvalue weighted by Crippen LogP contribution is -2.45. The van der Waals surface area contributed by atoms with E-state index < -0.39 is 0 Å². The summed E-state index contributed by atoms with van der Waals surface area (Å²) in [5.74, 6) is 0. The van der Waals surface area contributed by atoms with Crippen LogP contribution in [0.2, 0.25) is 10.0 Å². The summed E-state index contributed by atoms with van der Waals surface area (Å²) in [6.45, 7) is 3.96. The van der Waals surface area contributed by atoms with Crippen LogP contribution in [0.15, 0.2) is 36.4 Å². The summed E-state index contributed by atoms with van der Waals surface area (Å²) in [5, 5.41) is 16.1. The van der Waals surface area contributed by atoms with Crippen LogP contribution < -0.4 is 21.3 Å². The lowest BCUT2D eigenvalue weighted by molar-refractivity contribution is 0.356. The number of benzene rings is 2. The molecule has 0 aromatic heterocycles. The lowest BCUT2D eigenvalue weighted by Gasteiger charge is -2.31. The van der Waals surface area contributed by atoms with Crippen LogP contribution in [0.5, 0.6) is 0 Å². The minimum absolute atomic E-state index is 0.347. The van der Waals surface area contributed by atoms with E-state index in [1.807, 2.05) is 50.2 Å². The first-order valence-electron chi connectivity index (χ1n) is 9.98. The molecule has 1 aliphatic rings. The molecule has 1 aliphatic carbocycles. The zero-order valence-electron chi connectivity index (χ0n) is 17.0. The molecule has 0 saturated heterocycles. The Hall–Kier alpha value is -1.60. The summed E-state index contributed by atoms with van der Waals surface area (Å²) in [5.41, 5.74) is 3.85. The monoisotopic (exact) mass is 480 g/mol. The molecule has 160 valence electrons. The fourth-order valence-corrected chi connectivity index (χ4v) is 4.46. The molecule has 1 fully saturated rings. The Labute approximate surface area is 199 Å². The number of anilines is 2. The van der Waals surface area contributed by atoms with Crippen LogP contribution in [0, 0.1) is 13.8 Å². The normalized spacial score (nSPS) is 18.4. The molecule has 0 radical (unpaired) electrons. The van der Waals surface area contributed by atoms with Gasteiger partial charge in [0, 0.05) is 33.5 Å². The van der Waals surface area contributed by atoms with Crippen molar-refractivity contribution in [1.29, 1.82) is 0 Å². The Morgan fingerprint density at radius 2 is 1.10 bits per heavy atom. The first-order valence-corrected chi connectivity index (χ1v) is 11.6. The van der Waals surface area contributed by atoms with Crippen molar-refractivity contribution in [2.24, 2.45) is 0 Å². The van der Waals surface area contributed by atoms with Gasteiger partial charge in [0.25, 0.3) is 0 Å². The molecule has 0 heterocycles. The molecule has 8 heteroatoms. The number of halogens is 2. The first kappa shape index (κ1) is 23.1. The van der Waals surface area contributed by atoms with Gasteiger partial charge in [-0.1, -0.05) is 35.3 Å². The minimum Gasteiger partial charge on any atom is -0.360 e. The molecule has 0 amide bonds. The van der Waals surface area contributed by atoms with Gasteiger partial charge in [-0.2, -0.15) is 0 Å². The van der Waals surface area contributed by atoms with E-state index in [0.29, 0.717) is 22.3 Å². The molecule has 0 spiro atoms. The van der Waals surface area contributed by atoms with E-state index in [4.69, 9.17) is 47.6 Å². The smallest absolute Gasteiger partial charge is 0.171 e. The maximum atomic E-state index is 6.18. The molecule has 4 nitrogen and oxygen atoms in total. The molecule has 3 rings (SSSR count). The van der Waals surface area contributed by atoms with Crippen molar-refractivity contribution in [1.82, 2.24) is 10.6 Å². The van der Waals surface area contributed by atoms with Crippen LogP contribution in [0.3, 0.4) is 0 Å². The highest BCUT2D eigenvalue weighted by molar-refractivity contribution is 7.80. The van der Waals surface area contributed by atoms with Gasteiger partial charge >= 0.3 is 0 Å². The summed E-state index contributed by atoms with van der Waals surface area (Å²) >= 11 is 23.3. The minimum atomic E-state index is 0.347. The fraction of sp³-hybridized carbons (Fsp3) is 0.364. The molecule has 30 heavy (non-hydrogen) atoms. The highest BCUT2D eigenvalue weighted by Crippen LogP contribution is 2.25. The van der Waals surface area contributed by atoms with Gasteiger partial charge in [-0.3, -0.25) is 0 Å². The van der Waals surface area contributed by atoms with Crippen molar-refractivity contribution in [3.63, 3.8) is 0 Å². The highest BCUT2D eigenvalue weighted by Gasteiger charge is 2.22. The fourth-order valence-electron chi connectivity index (χ4n) is 3.56. The summed E-state index contributed by atoms with van der Waals surface area (Å²) < 4.78 is 0. The third-order valence-corrected chi connectivity index (χ3v) is 6.69. The van der Waals surface area contributed by atoms with Crippen LogP contribution in [-0.4, -0.2) is 22.3 Å². The zero-order valence-corrected chi connectivity index (χ0v) is 20.2. The van der Waals surface area contributed by atoms with E-state index in [-0.39, 0.29) is 0 Å². The number of nitrogens with one attached hydrogen (secondary N) is 4. The van der Waals surface area contributed by atoms with Crippen molar-refractivity contribution >= 4 is 69.2 Å². The number of hydrogen-bond acceptors (Lipinski definition) is 2. The SMILES string of the molecule is Cc1c(Cl)cccc1NC(=S)NC1CCC(NC(=S)Nc2cccc(Cl)c2C)CC1. The molecule has 4 N–H and O–H groups in total. The van der Waals surface area contributed by atoms with E-state index in [1.54, 1.807) is 0 Å². The van der Waals surface area contributed by atoms with Crippen molar-refractivity contribution in [2.75, 3.05) is 10.6 Å². The van der Waals surface area contributed by atoms with Gasteiger partial charge in [-0.15, -0.1) is 0 Å². The maximum Gasteiger partial charge on any atom is 0.171 e. The molecule has 0 aliphatic heterocycles. The summed E-state index contributed by atoms with van der Waals surface area (Å²) in [6.07, 6.45) is 4.08. The van der Waals surface area contributed by atoms with E-state index >= 15 is 0 Å². The number of rotatable bonds is 4. The second kappa shape index (κ2) is 10.6. The van der Waals surface area contributed by atoms with Gasteiger partial charge in [-0.25, -0.2) is 0 Å². The second-order valence-electron chi connectivity index (χ2n) is 7.57. The Balaban J connectivity index is 1.43. The zero-order chi connectivity index (χ0) is 21.7. The van der Waals surface area contributed by atoms with Crippen molar-refractivity contribution in [3.8, 4) is 0 Å².